The van der Waals surface area contributed by atoms with E-state index in [1.807, 2.05) is 27.1 Å². The van der Waals surface area contributed by atoms with Gasteiger partial charge in [0.1, 0.15) is 5.82 Å². The molecular formula is C18H22FN3O2. The van der Waals surface area contributed by atoms with Crippen LogP contribution in [0.25, 0.3) is 0 Å². The summed E-state index contributed by atoms with van der Waals surface area (Å²) in [7, 11) is 1.82. The molecule has 1 N–H and O–H groups in total. The Kier molecular flexibility index (Phi) is 5.49. The smallest absolute Gasteiger partial charge is 0.223 e. The summed E-state index contributed by atoms with van der Waals surface area (Å²) in [5.74, 6) is -1.72. The summed E-state index contributed by atoms with van der Waals surface area (Å²) in [5.41, 5.74) is 1.80. The zero-order chi connectivity index (χ0) is 17.9. The Morgan fingerprint density at radius 1 is 1.29 bits per heavy atom. The summed E-state index contributed by atoms with van der Waals surface area (Å²) in [6, 6.07) is 5.60. The first-order chi connectivity index (χ1) is 11.3. The summed E-state index contributed by atoms with van der Waals surface area (Å²) in [4.78, 5) is 24.5. The van der Waals surface area contributed by atoms with Gasteiger partial charge in [0.2, 0.25) is 5.91 Å². The Bertz CT molecular complexity index is 754. The first kappa shape index (κ1) is 17.8. The number of ketones is 1. The highest BCUT2D eigenvalue weighted by Gasteiger charge is 2.22. The van der Waals surface area contributed by atoms with Gasteiger partial charge in [0.05, 0.1) is 17.3 Å². The Morgan fingerprint density at radius 2 is 1.96 bits per heavy atom. The van der Waals surface area contributed by atoms with E-state index in [1.165, 1.54) is 18.2 Å². The first-order valence-electron chi connectivity index (χ1n) is 7.87. The average molecular weight is 331 g/mol. The number of hydrogen-bond donors (Lipinski definition) is 1. The highest BCUT2D eigenvalue weighted by atomic mass is 19.1. The maximum absolute atomic E-state index is 13.6. The zero-order valence-corrected chi connectivity index (χ0v) is 14.3. The van der Waals surface area contributed by atoms with Crippen molar-refractivity contribution < 1.29 is 14.0 Å². The minimum absolute atomic E-state index is 0.0216. The molecule has 0 radical (unpaired) electrons. The molecule has 5 nitrogen and oxygen atoms in total. The van der Waals surface area contributed by atoms with Gasteiger partial charge in [0, 0.05) is 31.1 Å². The molecule has 0 saturated carbocycles. The largest absolute Gasteiger partial charge is 0.349 e. The van der Waals surface area contributed by atoms with Crippen molar-refractivity contribution in [1.29, 1.82) is 0 Å². The van der Waals surface area contributed by atoms with Crippen molar-refractivity contribution in [3.05, 3.63) is 53.1 Å². The third-order valence-electron chi connectivity index (χ3n) is 3.99. The van der Waals surface area contributed by atoms with E-state index in [9.17, 15) is 14.0 Å². The molecule has 0 unspecified atom stereocenters. The van der Waals surface area contributed by atoms with Crippen molar-refractivity contribution in [2.45, 2.75) is 33.2 Å². The van der Waals surface area contributed by atoms with Gasteiger partial charge in [0.25, 0.3) is 0 Å². The third-order valence-corrected chi connectivity index (χ3v) is 3.99. The number of rotatable bonds is 6. The fraction of sp³-hybridized carbons (Fsp3) is 0.389. The van der Waals surface area contributed by atoms with Crippen molar-refractivity contribution in [3.8, 4) is 0 Å². The van der Waals surface area contributed by atoms with Gasteiger partial charge in [-0.05, 0) is 26.0 Å². The molecule has 0 spiro atoms. The van der Waals surface area contributed by atoms with Gasteiger partial charge >= 0.3 is 0 Å². The summed E-state index contributed by atoms with van der Waals surface area (Å²) < 4.78 is 15.3. The predicted octanol–water partition coefficient (Wildman–Crippen LogP) is 2.95. The molecule has 0 aliphatic carbocycles. The summed E-state index contributed by atoms with van der Waals surface area (Å²) in [5, 5.41) is 7.13. The lowest BCUT2D eigenvalue weighted by Crippen LogP contribution is -2.32. The molecule has 0 saturated heterocycles. The number of aryl methyl sites for hydroxylation is 2. The van der Waals surface area contributed by atoms with Crippen LogP contribution in [-0.4, -0.2) is 21.5 Å². The second kappa shape index (κ2) is 7.38. The van der Waals surface area contributed by atoms with Crippen LogP contribution in [0, 0.1) is 18.7 Å². The normalized spacial score (nSPS) is 13.4. The van der Waals surface area contributed by atoms with Crippen LogP contribution in [0.15, 0.2) is 30.5 Å². The highest BCUT2D eigenvalue weighted by molar-refractivity contribution is 5.98. The quantitative estimate of drug-likeness (QED) is 0.828. The van der Waals surface area contributed by atoms with Gasteiger partial charge < -0.3 is 5.32 Å². The molecule has 0 aliphatic rings. The molecule has 1 aromatic heterocycles. The molecule has 6 heteroatoms. The maximum atomic E-state index is 13.6. The number of benzene rings is 1. The predicted molar refractivity (Wildman–Crippen MR) is 89.0 cm³/mol. The number of nitrogens with one attached hydrogen (secondary N) is 1. The van der Waals surface area contributed by atoms with Crippen LogP contribution in [0.5, 0.6) is 0 Å². The van der Waals surface area contributed by atoms with Gasteiger partial charge in [-0.15, -0.1) is 0 Å². The summed E-state index contributed by atoms with van der Waals surface area (Å²) in [6.07, 6.45) is 1.82. The molecule has 1 amide bonds. The number of halogens is 1. The molecule has 1 heterocycles. The molecular weight excluding hydrogens is 309 g/mol. The van der Waals surface area contributed by atoms with Crippen LogP contribution in [-0.2, 0) is 11.8 Å². The van der Waals surface area contributed by atoms with Crippen LogP contribution >= 0.6 is 0 Å². The second-order valence-corrected chi connectivity index (χ2v) is 6.08. The Labute approximate surface area is 140 Å². The average Bonchev–Trinajstić information content (AvgIpc) is 2.86. The molecule has 2 rings (SSSR count). The van der Waals surface area contributed by atoms with Crippen LogP contribution in [0.3, 0.4) is 0 Å². The van der Waals surface area contributed by atoms with E-state index in [0.29, 0.717) is 0 Å². The van der Waals surface area contributed by atoms with E-state index in [1.54, 1.807) is 17.7 Å². The molecule has 128 valence electrons. The van der Waals surface area contributed by atoms with Crippen molar-refractivity contribution in [1.82, 2.24) is 15.1 Å². The number of Topliss-reactive ketones (excluding diaryl/α,β-unsaturated/α-hetero) is 1. The first-order valence-corrected chi connectivity index (χ1v) is 7.87. The minimum atomic E-state index is -0.561. The lowest BCUT2D eigenvalue weighted by Gasteiger charge is -2.17. The van der Waals surface area contributed by atoms with E-state index in [2.05, 4.69) is 10.4 Å². The van der Waals surface area contributed by atoms with Crippen LogP contribution in [0.1, 0.15) is 47.9 Å². The Hall–Kier alpha value is -2.50. The van der Waals surface area contributed by atoms with Crippen LogP contribution in [0.4, 0.5) is 4.39 Å². The molecule has 2 atom stereocenters. The molecule has 0 bridgehead atoms. The number of carbonyl (C=O) groups excluding carboxylic acids is 2. The van der Waals surface area contributed by atoms with E-state index in [-0.39, 0.29) is 29.7 Å². The minimum Gasteiger partial charge on any atom is -0.349 e. The third kappa shape index (κ3) is 4.07. The van der Waals surface area contributed by atoms with Gasteiger partial charge in [-0.1, -0.05) is 19.1 Å². The van der Waals surface area contributed by atoms with Crippen molar-refractivity contribution in [2.75, 3.05) is 0 Å². The monoisotopic (exact) mass is 331 g/mol. The zero-order valence-electron chi connectivity index (χ0n) is 14.3. The SMILES string of the molecule is Cc1nn(C)cc1[C@@H](C)NC(=O)[C@H](C)CC(=O)c1ccccc1F. The van der Waals surface area contributed by atoms with Gasteiger partial charge in [-0.25, -0.2) is 4.39 Å². The van der Waals surface area contributed by atoms with E-state index < -0.39 is 11.7 Å². The van der Waals surface area contributed by atoms with Crippen molar-refractivity contribution in [2.24, 2.45) is 13.0 Å². The molecule has 0 fully saturated rings. The van der Waals surface area contributed by atoms with Crippen LogP contribution < -0.4 is 5.32 Å². The number of nitrogens with zero attached hydrogens (tertiary/aromatic N) is 2. The lowest BCUT2D eigenvalue weighted by atomic mass is 9.98. The Balaban J connectivity index is 1.98. The summed E-state index contributed by atoms with van der Waals surface area (Å²) >= 11 is 0. The van der Waals surface area contributed by atoms with Gasteiger partial charge in [-0.2, -0.15) is 5.10 Å². The standard InChI is InChI=1S/C18H22FN3O2/c1-11(9-17(23)14-7-5-6-8-16(14)19)18(24)20-12(2)15-10-22(4)21-13(15)3/h5-8,10-12H,9H2,1-4H3,(H,20,24)/t11-,12-/m1/s1. The van der Waals surface area contributed by atoms with Crippen molar-refractivity contribution in [3.63, 3.8) is 0 Å². The molecule has 2 aromatic rings. The van der Waals surface area contributed by atoms with Crippen LogP contribution in [0.2, 0.25) is 0 Å². The van der Waals surface area contributed by atoms with Gasteiger partial charge in [-0.3, -0.25) is 14.3 Å². The maximum Gasteiger partial charge on any atom is 0.223 e. The number of amides is 1. The molecule has 0 aliphatic heterocycles. The number of carbonyl (C=O) groups is 2. The van der Waals surface area contributed by atoms with E-state index >= 15 is 0 Å². The number of hydrogen-bond acceptors (Lipinski definition) is 3. The highest BCUT2D eigenvalue weighted by Crippen LogP contribution is 2.18. The lowest BCUT2D eigenvalue weighted by molar-refractivity contribution is -0.125. The molecule has 1 aromatic carbocycles. The summed E-state index contributed by atoms with van der Waals surface area (Å²) in [6.45, 7) is 5.41. The topological polar surface area (TPSA) is 64.0 Å². The fourth-order valence-electron chi connectivity index (χ4n) is 2.64. The Morgan fingerprint density at radius 3 is 2.54 bits per heavy atom. The van der Waals surface area contributed by atoms with E-state index in [0.717, 1.165) is 11.3 Å². The number of aromatic nitrogens is 2. The second-order valence-electron chi connectivity index (χ2n) is 6.08. The van der Waals surface area contributed by atoms with E-state index in [4.69, 9.17) is 0 Å². The fourth-order valence-corrected chi connectivity index (χ4v) is 2.64. The molecule has 24 heavy (non-hydrogen) atoms. The van der Waals surface area contributed by atoms with Crippen molar-refractivity contribution >= 4 is 11.7 Å². The van der Waals surface area contributed by atoms with Gasteiger partial charge in [0.15, 0.2) is 5.78 Å².